The van der Waals surface area contributed by atoms with Gasteiger partial charge in [-0.15, -0.1) is 0 Å². The second kappa shape index (κ2) is 11.3. The van der Waals surface area contributed by atoms with Crippen LogP contribution >= 0.6 is 0 Å². The number of aliphatic hydroxyl groups excluding tert-OH is 1. The first-order valence-corrected chi connectivity index (χ1v) is 14.7. The van der Waals surface area contributed by atoms with Crippen LogP contribution in [0, 0.1) is 40.4 Å². The van der Waals surface area contributed by atoms with E-state index in [-0.39, 0.29) is 36.6 Å². The first-order chi connectivity index (χ1) is 17.7. The van der Waals surface area contributed by atoms with Crippen LogP contribution < -0.4 is 5.32 Å². The Morgan fingerprint density at radius 2 is 1.76 bits per heavy atom. The molecular weight excluding hydrogens is 495 g/mol. The highest BCUT2D eigenvalue weighted by Crippen LogP contribution is 2.67. The number of oxime groups is 1. The maximum Gasteiger partial charge on any atom is 0.436 e. The molecule has 2 N–H and O–H groups in total. The molecule has 0 heterocycles. The molecule has 6 nitrogen and oxygen atoms in total. The Morgan fingerprint density at radius 1 is 1.08 bits per heavy atom. The molecule has 0 bridgehead atoms. The van der Waals surface area contributed by atoms with Crippen molar-refractivity contribution in [1.29, 1.82) is 0 Å². The zero-order valence-corrected chi connectivity index (χ0v) is 23.8. The third-order valence-electron chi connectivity index (χ3n) is 11.0. The number of carbonyl (C=O) groups excluding carboxylic acids is 1. The van der Waals surface area contributed by atoms with E-state index in [1.807, 2.05) is 20.8 Å². The summed E-state index contributed by atoms with van der Waals surface area (Å²) in [5.74, 6) is 2.73. The normalized spacial score (nSPS) is 39.4. The molecule has 38 heavy (non-hydrogen) atoms. The summed E-state index contributed by atoms with van der Waals surface area (Å²) in [4.78, 5) is 18.4. The van der Waals surface area contributed by atoms with E-state index in [2.05, 4.69) is 24.3 Å². The maximum atomic E-state index is 13.1. The monoisotopic (exact) mass is 543 g/mol. The van der Waals surface area contributed by atoms with Crippen molar-refractivity contribution < 1.29 is 27.9 Å². The summed E-state index contributed by atoms with van der Waals surface area (Å²) in [6, 6.07) is 0.104. The topological polar surface area (TPSA) is 74.2 Å². The number of fused-ring (bicyclic) bond motifs is 5. The van der Waals surface area contributed by atoms with Crippen molar-refractivity contribution in [1.82, 2.24) is 10.2 Å². The van der Waals surface area contributed by atoms with Gasteiger partial charge in [-0.1, -0.05) is 32.9 Å². The molecule has 0 aromatic rings. The summed E-state index contributed by atoms with van der Waals surface area (Å²) < 4.78 is 39.3. The summed E-state index contributed by atoms with van der Waals surface area (Å²) in [7, 11) is 0. The van der Waals surface area contributed by atoms with Crippen molar-refractivity contribution in [2.75, 3.05) is 19.6 Å². The SMILES string of the molecule is C/C(=N\OC(=O)N(CCNC(C)C)CC(F)(F)F)[C@H]1CC[C@H]2[C@@H]3CC[C@@H]4C[C@@H](O)CC[C@]4(C)[C@H]3CC[C@]12C. The van der Waals surface area contributed by atoms with Crippen LogP contribution in [0.5, 0.6) is 0 Å². The molecule has 9 heteroatoms. The van der Waals surface area contributed by atoms with Crippen LogP contribution in [0.1, 0.15) is 92.4 Å². The lowest BCUT2D eigenvalue weighted by Gasteiger charge is -2.61. The summed E-state index contributed by atoms with van der Waals surface area (Å²) >= 11 is 0. The number of hydrogen-bond acceptors (Lipinski definition) is 5. The van der Waals surface area contributed by atoms with Crippen LogP contribution in [0.25, 0.3) is 0 Å². The Hall–Kier alpha value is -1.35. The molecule has 8 atom stereocenters. The van der Waals surface area contributed by atoms with Crippen LogP contribution in [0.15, 0.2) is 5.16 Å². The molecule has 0 aliphatic heterocycles. The van der Waals surface area contributed by atoms with Crippen LogP contribution in [-0.2, 0) is 4.84 Å². The number of amides is 1. The second-order valence-corrected chi connectivity index (χ2v) is 13.5. The van der Waals surface area contributed by atoms with Crippen molar-refractivity contribution in [2.45, 2.75) is 111 Å². The van der Waals surface area contributed by atoms with Gasteiger partial charge in [0.15, 0.2) is 0 Å². The van der Waals surface area contributed by atoms with Crippen molar-refractivity contribution in [3.05, 3.63) is 0 Å². The third-order valence-corrected chi connectivity index (χ3v) is 11.0. The van der Waals surface area contributed by atoms with Crippen molar-refractivity contribution in [3.63, 3.8) is 0 Å². The number of nitrogens with zero attached hydrogens (tertiary/aromatic N) is 2. The molecule has 4 saturated carbocycles. The van der Waals surface area contributed by atoms with Crippen molar-refractivity contribution in [2.24, 2.45) is 45.6 Å². The summed E-state index contributed by atoms with van der Waals surface area (Å²) in [6.07, 6.45) is 4.03. The van der Waals surface area contributed by atoms with Gasteiger partial charge < -0.3 is 10.4 Å². The van der Waals surface area contributed by atoms with Gasteiger partial charge in [-0.25, -0.2) is 4.79 Å². The fourth-order valence-electron chi connectivity index (χ4n) is 9.09. The number of aliphatic hydroxyl groups is 1. The minimum absolute atomic E-state index is 0.0609. The van der Waals surface area contributed by atoms with Gasteiger partial charge in [-0.2, -0.15) is 13.2 Å². The Labute approximate surface area is 226 Å². The summed E-state index contributed by atoms with van der Waals surface area (Å²) in [5, 5.41) is 17.5. The smallest absolute Gasteiger partial charge is 0.393 e. The first kappa shape index (κ1) is 29.6. The highest BCUT2D eigenvalue weighted by molar-refractivity contribution is 5.85. The van der Waals surface area contributed by atoms with E-state index in [1.54, 1.807) is 0 Å². The number of rotatable bonds is 7. The van der Waals surface area contributed by atoms with E-state index in [4.69, 9.17) is 4.84 Å². The fourth-order valence-corrected chi connectivity index (χ4v) is 9.09. The third kappa shape index (κ3) is 6.03. The van der Waals surface area contributed by atoms with E-state index in [1.165, 1.54) is 19.3 Å². The van der Waals surface area contributed by atoms with E-state index >= 15 is 0 Å². The largest absolute Gasteiger partial charge is 0.436 e. The van der Waals surface area contributed by atoms with Gasteiger partial charge in [0.2, 0.25) is 0 Å². The van der Waals surface area contributed by atoms with Gasteiger partial charge >= 0.3 is 12.3 Å². The standard InChI is InChI=1S/C29H48F3N3O3/c1-18(2)33-14-15-35(17-29(30,31)32)26(37)38-34-19(3)23-8-9-24-22-7-6-20-16-21(36)10-12-27(20,4)25(22)11-13-28(23,24)5/h18,20-25,33,36H,6-17H2,1-5H3/b34-19+/t20-,21+,22+,23-,24+,25+,27+,28-/m1/s1. The average molecular weight is 544 g/mol. The number of alkyl halides is 3. The van der Waals surface area contributed by atoms with Gasteiger partial charge in [-0.05, 0) is 99.2 Å². The fraction of sp³-hybridized carbons (Fsp3) is 0.931. The molecule has 0 saturated heterocycles. The Morgan fingerprint density at radius 3 is 2.45 bits per heavy atom. The van der Waals surface area contributed by atoms with Gasteiger partial charge in [0.1, 0.15) is 6.54 Å². The molecule has 0 unspecified atom stereocenters. The lowest BCUT2D eigenvalue weighted by Crippen LogP contribution is -2.54. The molecule has 218 valence electrons. The molecule has 4 aliphatic carbocycles. The average Bonchev–Trinajstić information content (AvgIpc) is 3.18. The Bertz CT molecular complexity index is 881. The molecule has 4 rings (SSSR count). The number of hydrogen-bond donors (Lipinski definition) is 2. The summed E-state index contributed by atoms with van der Waals surface area (Å²) in [6.45, 7) is 9.28. The van der Waals surface area contributed by atoms with E-state index in [9.17, 15) is 23.1 Å². The predicted octanol–water partition coefficient (Wildman–Crippen LogP) is 6.38. The number of halogens is 3. The molecule has 4 aliphatic rings. The van der Waals surface area contributed by atoms with Crippen LogP contribution in [0.2, 0.25) is 0 Å². The minimum Gasteiger partial charge on any atom is -0.393 e. The molecule has 4 fully saturated rings. The van der Waals surface area contributed by atoms with E-state index < -0.39 is 18.8 Å². The molecule has 0 spiro atoms. The predicted molar refractivity (Wildman–Crippen MR) is 142 cm³/mol. The van der Waals surface area contributed by atoms with E-state index in [0.29, 0.717) is 34.0 Å². The molecule has 0 radical (unpaired) electrons. The highest BCUT2D eigenvalue weighted by Gasteiger charge is 2.60. The van der Waals surface area contributed by atoms with Crippen molar-refractivity contribution in [3.8, 4) is 0 Å². The molecule has 1 amide bonds. The molecule has 0 aromatic carbocycles. The minimum atomic E-state index is -4.51. The first-order valence-electron chi connectivity index (χ1n) is 14.7. The van der Waals surface area contributed by atoms with Crippen LogP contribution in [0.4, 0.5) is 18.0 Å². The lowest BCUT2D eigenvalue weighted by atomic mass is 9.44. The van der Waals surface area contributed by atoms with Crippen molar-refractivity contribution >= 4 is 11.8 Å². The Kier molecular flexibility index (Phi) is 8.78. The Balaban J connectivity index is 1.42. The van der Waals surface area contributed by atoms with Crippen LogP contribution in [0.3, 0.4) is 0 Å². The number of carbonyl (C=O) groups is 1. The lowest BCUT2D eigenvalue weighted by molar-refractivity contribution is -0.142. The second-order valence-electron chi connectivity index (χ2n) is 13.5. The van der Waals surface area contributed by atoms with Crippen LogP contribution in [-0.4, -0.2) is 59.8 Å². The molecule has 0 aromatic heterocycles. The van der Waals surface area contributed by atoms with Gasteiger partial charge in [0.05, 0.1) is 11.8 Å². The molecular formula is C29H48F3N3O3. The number of nitrogens with one attached hydrogen (secondary N) is 1. The van der Waals surface area contributed by atoms with Gasteiger partial charge in [0.25, 0.3) is 0 Å². The zero-order valence-electron chi connectivity index (χ0n) is 23.8. The summed E-state index contributed by atoms with van der Waals surface area (Å²) in [5.41, 5.74) is 1.09. The highest BCUT2D eigenvalue weighted by atomic mass is 19.4. The zero-order chi connectivity index (χ0) is 27.9. The van der Waals surface area contributed by atoms with E-state index in [0.717, 1.165) is 44.2 Å². The van der Waals surface area contributed by atoms with Gasteiger partial charge in [0, 0.05) is 25.0 Å². The maximum absolute atomic E-state index is 13.1. The quantitative estimate of drug-likeness (QED) is 0.222. The van der Waals surface area contributed by atoms with Gasteiger partial charge in [-0.3, -0.25) is 9.74 Å².